The lowest BCUT2D eigenvalue weighted by molar-refractivity contribution is -0.156. The van der Waals surface area contributed by atoms with Crippen LogP contribution in [0.1, 0.15) is 54.4 Å². The van der Waals surface area contributed by atoms with Crippen LogP contribution in [0.3, 0.4) is 0 Å². The molecule has 6 heteroatoms. The molecule has 1 N–H and O–H groups in total. The largest absolute Gasteiger partial charge is 0.459 e. The summed E-state index contributed by atoms with van der Waals surface area (Å²) in [5.41, 5.74) is -0.976. The van der Waals surface area contributed by atoms with Crippen molar-refractivity contribution in [2.75, 3.05) is 19.6 Å². The molecule has 22 heavy (non-hydrogen) atoms. The van der Waals surface area contributed by atoms with Gasteiger partial charge in [0.05, 0.1) is 6.54 Å². The Bertz CT molecular complexity index is 360. The molecule has 0 aromatic heterocycles. The molecule has 6 nitrogen and oxygen atoms in total. The van der Waals surface area contributed by atoms with E-state index in [2.05, 4.69) is 5.32 Å². The van der Waals surface area contributed by atoms with Gasteiger partial charge in [-0.2, -0.15) is 0 Å². The molecule has 128 valence electrons. The quantitative estimate of drug-likeness (QED) is 0.810. The van der Waals surface area contributed by atoms with E-state index in [-0.39, 0.29) is 18.6 Å². The van der Waals surface area contributed by atoms with Crippen LogP contribution in [0.15, 0.2) is 0 Å². The summed E-state index contributed by atoms with van der Waals surface area (Å²) in [5, 5.41) is 2.87. The summed E-state index contributed by atoms with van der Waals surface area (Å²) < 4.78 is 10.6. The van der Waals surface area contributed by atoms with Gasteiger partial charge in [-0.25, -0.2) is 4.79 Å². The molecule has 1 rings (SSSR count). The van der Waals surface area contributed by atoms with Gasteiger partial charge in [0, 0.05) is 12.6 Å². The Morgan fingerprint density at radius 2 is 1.68 bits per heavy atom. The number of amides is 1. The third kappa shape index (κ3) is 8.22. The number of carbonyl (C=O) groups is 2. The molecule has 0 saturated carbocycles. The van der Waals surface area contributed by atoms with E-state index in [1.807, 2.05) is 46.4 Å². The van der Waals surface area contributed by atoms with Gasteiger partial charge in [-0.1, -0.05) is 0 Å². The first kappa shape index (κ1) is 18.7. The minimum absolute atomic E-state index is 0.00559. The lowest BCUT2D eigenvalue weighted by atomic mass is 10.1. The maximum Gasteiger partial charge on any atom is 0.407 e. The monoisotopic (exact) mass is 314 g/mol. The number of hydrogen-bond acceptors (Lipinski definition) is 5. The fourth-order valence-electron chi connectivity index (χ4n) is 2.35. The number of hydrogen-bond donors (Lipinski definition) is 1. The molecule has 1 amide bonds. The molecule has 1 aliphatic rings. The molecule has 1 saturated heterocycles. The van der Waals surface area contributed by atoms with Gasteiger partial charge in [0.2, 0.25) is 0 Å². The summed E-state index contributed by atoms with van der Waals surface area (Å²) >= 11 is 0. The van der Waals surface area contributed by atoms with Gasteiger partial charge in [-0.05, 0) is 60.9 Å². The van der Waals surface area contributed by atoms with Gasteiger partial charge in [-0.3, -0.25) is 9.69 Å². The van der Waals surface area contributed by atoms with Gasteiger partial charge >= 0.3 is 12.1 Å². The summed E-state index contributed by atoms with van der Waals surface area (Å²) in [6.45, 7) is 12.8. The standard InChI is InChI=1S/C16H30N2O4/c1-15(2,3)21-13(19)11-18-9-7-8-12(10-18)17-14(20)22-16(4,5)6/h12H,7-11H2,1-6H3,(H,17,20). The highest BCUT2D eigenvalue weighted by molar-refractivity contribution is 5.72. The number of nitrogens with one attached hydrogen (secondary N) is 1. The van der Waals surface area contributed by atoms with E-state index in [0.29, 0.717) is 6.54 Å². The number of alkyl carbamates (subject to hydrolysis) is 1. The van der Waals surface area contributed by atoms with Crippen LogP contribution in [-0.2, 0) is 14.3 Å². The number of rotatable bonds is 3. The molecular formula is C16H30N2O4. The van der Waals surface area contributed by atoms with Crippen molar-refractivity contribution in [1.82, 2.24) is 10.2 Å². The van der Waals surface area contributed by atoms with Crippen molar-refractivity contribution >= 4 is 12.1 Å². The van der Waals surface area contributed by atoms with Crippen molar-refractivity contribution < 1.29 is 19.1 Å². The first-order valence-electron chi connectivity index (χ1n) is 7.88. The average Bonchev–Trinajstić information content (AvgIpc) is 2.22. The molecule has 1 atom stereocenters. The molecule has 0 aliphatic carbocycles. The molecule has 1 fully saturated rings. The maximum absolute atomic E-state index is 11.9. The molecule has 0 radical (unpaired) electrons. The zero-order valence-electron chi connectivity index (χ0n) is 14.7. The minimum atomic E-state index is -0.505. The third-order valence-corrected chi connectivity index (χ3v) is 3.00. The first-order chi connectivity index (χ1) is 9.94. The Kier molecular flexibility index (Phi) is 6.23. The fourth-order valence-corrected chi connectivity index (χ4v) is 2.35. The van der Waals surface area contributed by atoms with E-state index in [9.17, 15) is 9.59 Å². The van der Waals surface area contributed by atoms with Gasteiger partial charge < -0.3 is 14.8 Å². The molecular weight excluding hydrogens is 284 g/mol. The van der Waals surface area contributed by atoms with E-state index in [1.165, 1.54) is 0 Å². The lowest BCUT2D eigenvalue weighted by Crippen LogP contribution is -2.50. The second-order valence-electron chi connectivity index (χ2n) is 7.81. The second-order valence-corrected chi connectivity index (χ2v) is 7.81. The van der Waals surface area contributed by atoms with Gasteiger partial charge in [0.25, 0.3) is 0 Å². The molecule has 0 aromatic rings. The van der Waals surface area contributed by atoms with Gasteiger partial charge in [0.15, 0.2) is 0 Å². The molecule has 1 aliphatic heterocycles. The van der Waals surface area contributed by atoms with Gasteiger partial charge in [-0.15, -0.1) is 0 Å². The topological polar surface area (TPSA) is 67.9 Å². The highest BCUT2D eigenvalue weighted by atomic mass is 16.6. The van der Waals surface area contributed by atoms with Crippen LogP contribution >= 0.6 is 0 Å². The number of esters is 1. The summed E-state index contributed by atoms with van der Waals surface area (Å²) in [7, 11) is 0. The number of likely N-dealkylation sites (tertiary alicyclic amines) is 1. The van der Waals surface area contributed by atoms with Crippen molar-refractivity contribution in [3.63, 3.8) is 0 Å². The van der Waals surface area contributed by atoms with Crippen LogP contribution in [0.2, 0.25) is 0 Å². The Morgan fingerprint density at radius 1 is 1.09 bits per heavy atom. The smallest absolute Gasteiger partial charge is 0.407 e. The normalized spacial score (nSPS) is 20.4. The third-order valence-electron chi connectivity index (χ3n) is 3.00. The highest BCUT2D eigenvalue weighted by Crippen LogP contribution is 2.13. The van der Waals surface area contributed by atoms with Crippen LogP contribution in [0.25, 0.3) is 0 Å². The summed E-state index contributed by atoms with van der Waals surface area (Å²) in [5.74, 6) is -0.231. The Balaban J connectivity index is 2.41. The van der Waals surface area contributed by atoms with E-state index >= 15 is 0 Å². The van der Waals surface area contributed by atoms with E-state index in [1.54, 1.807) is 0 Å². The number of piperidine rings is 1. The molecule has 1 unspecified atom stereocenters. The lowest BCUT2D eigenvalue weighted by Gasteiger charge is -2.33. The van der Waals surface area contributed by atoms with Crippen molar-refractivity contribution in [3.05, 3.63) is 0 Å². The van der Waals surface area contributed by atoms with Crippen LogP contribution < -0.4 is 5.32 Å². The van der Waals surface area contributed by atoms with Crippen molar-refractivity contribution in [2.24, 2.45) is 0 Å². The molecule has 0 bridgehead atoms. The zero-order chi connectivity index (χ0) is 17.0. The molecule has 0 spiro atoms. The van der Waals surface area contributed by atoms with E-state index in [0.717, 1.165) is 19.4 Å². The summed E-state index contributed by atoms with van der Waals surface area (Å²) in [6.07, 6.45) is 1.42. The summed E-state index contributed by atoms with van der Waals surface area (Å²) in [4.78, 5) is 25.7. The number of ether oxygens (including phenoxy) is 2. The molecule has 1 heterocycles. The van der Waals surface area contributed by atoms with Crippen LogP contribution in [0.5, 0.6) is 0 Å². The second kappa shape index (κ2) is 7.31. The van der Waals surface area contributed by atoms with E-state index in [4.69, 9.17) is 9.47 Å². The molecule has 0 aromatic carbocycles. The number of carbonyl (C=O) groups excluding carboxylic acids is 2. The van der Waals surface area contributed by atoms with Crippen LogP contribution in [0, 0.1) is 0 Å². The highest BCUT2D eigenvalue weighted by Gasteiger charge is 2.26. The van der Waals surface area contributed by atoms with Crippen LogP contribution in [-0.4, -0.2) is 53.8 Å². The van der Waals surface area contributed by atoms with E-state index < -0.39 is 17.3 Å². The predicted octanol–water partition coefficient (Wildman–Crippen LogP) is 2.32. The van der Waals surface area contributed by atoms with Crippen molar-refractivity contribution in [1.29, 1.82) is 0 Å². The Morgan fingerprint density at radius 3 is 2.23 bits per heavy atom. The minimum Gasteiger partial charge on any atom is -0.459 e. The predicted molar refractivity (Wildman–Crippen MR) is 84.7 cm³/mol. The zero-order valence-corrected chi connectivity index (χ0v) is 14.7. The average molecular weight is 314 g/mol. The Hall–Kier alpha value is -1.30. The van der Waals surface area contributed by atoms with Crippen molar-refractivity contribution in [2.45, 2.75) is 71.6 Å². The first-order valence-corrected chi connectivity index (χ1v) is 7.88. The SMILES string of the molecule is CC(C)(C)OC(=O)CN1CCCC(NC(=O)OC(C)(C)C)C1. The fraction of sp³-hybridized carbons (Fsp3) is 0.875. The number of nitrogens with zero attached hydrogens (tertiary/aromatic N) is 1. The summed E-state index contributed by atoms with van der Waals surface area (Å²) in [6, 6.07) is 0.00559. The Labute approximate surface area is 133 Å². The van der Waals surface area contributed by atoms with Crippen molar-refractivity contribution in [3.8, 4) is 0 Å². The van der Waals surface area contributed by atoms with Crippen LogP contribution in [0.4, 0.5) is 4.79 Å². The maximum atomic E-state index is 11.9. The van der Waals surface area contributed by atoms with Gasteiger partial charge in [0.1, 0.15) is 11.2 Å².